The predicted octanol–water partition coefficient (Wildman–Crippen LogP) is 1.63. The van der Waals surface area contributed by atoms with Crippen molar-refractivity contribution in [1.29, 1.82) is 0 Å². The van der Waals surface area contributed by atoms with Gasteiger partial charge in [0.2, 0.25) is 0 Å². The van der Waals surface area contributed by atoms with Crippen LogP contribution in [0.4, 0.5) is 0 Å². The highest BCUT2D eigenvalue weighted by molar-refractivity contribution is 6.17. The Hall–Kier alpha value is 0.210. The first-order chi connectivity index (χ1) is 4.93. The zero-order valence-electron chi connectivity index (χ0n) is 6.01. The molecule has 0 bridgehead atoms. The lowest BCUT2D eigenvalue weighted by Gasteiger charge is -2.20. The molecule has 1 aliphatic heterocycles. The largest absolute Gasteiger partial charge is 0.381 e. The summed E-state index contributed by atoms with van der Waals surface area (Å²) < 4.78 is 10.3. The second-order valence-corrected chi connectivity index (χ2v) is 2.75. The third-order valence-electron chi connectivity index (χ3n) is 1.77. The minimum atomic E-state index is 0.317. The summed E-state index contributed by atoms with van der Waals surface area (Å²) in [6.45, 7) is 2.57. The van der Waals surface area contributed by atoms with Crippen LogP contribution in [0.25, 0.3) is 0 Å². The van der Waals surface area contributed by atoms with Crippen molar-refractivity contribution in [1.82, 2.24) is 0 Å². The van der Waals surface area contributed by atoms with E-state index in [1.807, 2.05) is 0 Å². The lowest BCUT2D eigenvalue weighted by atomic mass is 10.0. The van der Waals surface area contributed by atoms with E-state index in [1.165, 1.54) is 0 Å². The van der Waals surface area contributed by atoms with Gasteiger partial charge in [-0.1, -0.05) is 11.6 Å². The standard InChI is InChI=1S/C7H13ClO2/c8-6-10-5-7-1-3-9-4-2-7/h7H,1-6H2. The minimum absolute atomic E-state index is 0.317. The number of alkyl halides is 1. The van der Waals surface area contributed by atoms with Crippen LogP contribution < -0.4 is 0 Å². The van der Waals surface area contributed by atoms with Crippen LogP contribution in [0.15, 0.2) is 0 Å². The zero-order valence-corrected chi connectivity index (χ0v) is 6.77. The fourth-order valence-corrected chi connectivity index (χ4v) is 1.21. The average molecular weight is 165 g/mol. The Morgan fingerprint density at radius 2 is 2.10 bits per heavy atom. The summed E-state index contributed by atoms with van der Waals surface area (Å²) in [5.41, 5.74) is 0. The van der Waals surface area contributed by atoms with Crippen LogP contribution in [0.3, 0.4) is 0 Å². The maximum atomic E-state index is 5.37. The quantitative estimate of drug-likeness (QED) is 0.591. The molecule has 0 unspecified atom stereocenters. The third kappa shape index (κ3) is 2.86. The van der Waals surface area contributed by atoms with E-state index in [1.54, 1.807) is 0 Å². The zero-order chi connectivity index (χ0) is 7.23. The molecule has 1 heterocycles. The molecule has 0 spiro atoms. The van der Waals surface area contributed by atoms with E-state index in [0.717, 1.165) is 32.7 Å². The van der Waals surface area contributed by atoms with Crippen molar-refractivity contribution in [3.63, 3.8) is 0 Å². The van der Waals surface area contributed by atoms with Gasteiger partial charge in [-0.25, -0.2) is 0 Å². The van der Waals surface area contributed by atoms with Gasteiger partial charge >= 0.3 is 0 Å². The van der Waals surface area contributed by atoms with E-state index in [9.17, 15) is 0 Å². The van der Waals surface area contributed by atoms with Crippen LogP contribution in [0.1, 0.15) is 12.8 Å². The summed E-state index contributed by atoms with van der Waals surface area (Å²) in [6, 6.07) is 0.317. The molecule has 0 aromatic rings. The monoisotopic (exact) mass is 164 g/mol. The molecule has 2 nitrogen and oxygen atoms in total. The van der Waals surface area contributed by atoms with Crippen LogP contribution in [0, 0.1) is 5.92 Å². The molecule has 3 heteroatoms. The third-order valence-corrected chi connectivity index (χ3v) is 1.93. The minimum Gasteiger partial charge on any atom is -0.381 e. The van der Waals surface area contributed by atoms with Gasteiger partial charge in [0.1, 0.15) is 6.07 Å². The van der Waals surface area contributed by atoms with Gasteiger partial charge in [0.25, 0.3) is 0 Å². The maximum absolute atomic E-state index is 5.37. The van der Waals surface area contributed by atoms with Gasteiger partial charge in [0, 0.05) is 13.2 Å². The molecule has 0 aromatic carbocycles. The second-order valence-electron chi connectivity index (χ2n) is 2.54. The van der Waals surface area contributed by atoms with Crippen LogP contribution in [0.5, 0.6) is 0 Å². The van der Waals surface area contributed by atoms with Gasteiger partial charge < -0.3 is 9.47 Å². The topological polar surface area (TPSA) is 18.5 Å². The van der Waals surface area contributed by atoms with Crippen molar-refractivity contribution >= 4 is 11.6 Å². The fraction of sp³-hybridized carbons (Fsp3) is 1.00. The maximum Gasteiger partial charge on any atom is 0.120 e. The number of halogens is 1. The van der Waals surface area contributed by atoms with Crippen molar-refractivity contribution in [2.75, 3.05) is 25.9 Å². The summed E-state index contributed by atoms with van der Waals surface area (Å²) in [6.07, 6.45) is 2.24. The second kappa shape index (κ2) is 4.94. The Balaban J connectivity index is 2.02. The Morgan fingerprint density at radius 3 is 2.70 bits per heavy atom. The smallest absolute Gasteiger partial charge is 0.120 e. The predicted molar refractivity (Wildman–Crippen MR) is 40.2 cm³/mol. The normalized spacial score (nSPS) is 21.3. The van der Waals surface area contributed by atoms with Crippen molar-refractivity contribution < 1.29 is 9.47 Å². The number of hydrogen-bond acceptors (Lipinski definition) is 2. The molecular weight excluding hydrogens is 152 g/mol. The number of ether oxygens (including phenoxy) is 2. The van der Waals surface area contributed by atoms with E-state index in [0.29, 0.717) is 12.0 Å². The van der Waals surface area contributed by atoms with Gasteiger partial charge in [0.05, 0.1) is 6.61 Å². The van der Waals surface area contributed by atoms with Crippen LogP contribution in [-0.2, 0) is 9.47 Å². The van der Waals surface area contributed by atoms with Crippen molar-refractivity contribution in [3.8, 4) is 0 Å². The van der Waals surface area contributed by atoms with Crippen molar-refractivity contribution in [2.45, 2.75) is 12.8 Å². The first kappa shape index (κ1) is 8.31. The molecule has 1 saturated heterocycles. The molecule has 1 rings (SSSR count). The molecule has 1 fully saturated rings. The van der Waals surface area contributed by atoms with Gasteiger partial charge in [-0.15, -0.1) is 0 Å². The van der Waals surface area contributed by atoms with E-state index in [4.69, 9.17) is 21.1 Å². The molecule has 0 saturated carbocycles. The summed E-state index contributed by atoms with van der Waals surface area (Å²) in [5.74, 6) is 0.674. The van der Waals surface area contributed by atoms with Crippen molar-refractivity contribution in [2.24, 2.45) is 5.92 Å². The fourth-order valence-electron chi connectivity index (χ4n) is 1.12. The Labute approximate surface area is 66.5 Å². The van der Waals surface area contributed by atoms with Crippen LogP contribution >= 0.6 is 11.6 Å². The molecule has 0 N–H and O–H groups in total. The molecule has 0 radical (unpaired) electrons. The highest BCUT2D eigenvalue weighted by Crippen LogP contribution is 2.14. The van der Waals surface area contributed by atoms with E-state index in [-0.39, 0.29) is 0 Å². The lowest BCUT2D eigenvalue weighted by molar-refractivity contribution is 0.0306. The lowest BCUT2D eigenvalue weighted by Crippen LogP contribution is -2.19. The number of rotatable bonds is 3. The summed E-state index contributed by atoms with van der Waals surface area (Å²) in [7, 11) is 0. The molecule has 1 aliphatic rings. The molecule has 10 heavy (non-hydrogen) atoms. The summed E-state index contributed by atoms with van der Waals surface area (Å²) >= 11 is 5.37. The molecule has 60 valence electrons. The molecule has 0 atom stereocenters. The first-order valence-electron chi connectivity index (χ1n) is 3.65. The van der Waals surface area contributed by atoms with Crippen LogP contribution in [-0.4, -0.2) is 25.9 Å². The van der Waals surface area contributed by atoms with E-state index in [2.05, 4.69) is 0 Å². The van der Waals surface area contributed by atoms with Crippen LogP contribution in [0.2, 0.25) is 0 Å². The summed E-state index contributed by atoms with van der Waals surface area (Å²) in [5, 5.41) is 0. The Bertz CT molecular complexity index is 81.7. The van der Waals surface area contributed by atoms with Gasteiger partial charge in [-0.2, -0.15) is 0 Å². The molecule has 0 aliphatic carbocycles. The van der Waals surface area contributed by atoms with Gasteiger partial charge in [-0.05, 0) is 18.8 Å². The molecule has 0 aromatic heterocycles. The summed E-state index contributed by atoms with van der Waals surface area (Å²) in [4.78, 5) is 0. The first-order valence-corrected chi connectivity index (χ1v) is 4.18. The van der Waals surface area contributed by atoms with Gasteiger partial charge in [0.15, 0.2) is 0 Å². The highest BCUT2D eigenvalue weighted by atomic mass is 35.5. The average Bonchev–Trinajstić information content (AvgIpc) is 2.03. The van der Waals surface area contributed by atoms with E-state index < -0.39 is 0 Å². The van der Waals surface area contributed by atoms with Gasteiger partial charge in [-0.3, -0.25) is 0 Å². The SMILES string of the molecule is ClCOCC1CCOCC1. The number of hydrogen-bond donors (Lipinski definition) is 0. The molecule has 0 amide bonds. The van der Waals surface area contributed by atoms with Crippen molar-refractivity contribution in [3.05, 3.63) is 0 Å². The Kier molecular flexibility index (Phi) is 4.10. The molecular formula is C7H13ClO2. The Morgan fingerprint density at radius 1 is 1.40 bits per heavy atom. The highest BCUT2D eigenvalue weighted by Gasteiger charge is 2.12. The van der Waals surface area contributed by atoms with E-state index >= 15 is 0 Å².